The Morgan fingerprint density at radius 2 is 1.33 bits per heavy atom. The van der Waals surface area contributed by atoms with Crippen LogP contribution in [0.3, 0.4) is 0 Å². The van der Waals surface area contributed by atoms with Crippen molar-refractivity contribution in [1.82, 2.24) is 9.97 Å². The van der Waals surface area contributed by atoms with Crippen LogP contribution in [0.4, 0.5) is 0 Å². The molecule has 0 fully saturated rings. The number of hydrogen-bond donors (Lipinski definition) is 0. The summed E-state index contributed by atoms with van der Waals surface area (Å²) in [5, 5.41) is 2.65. The lowest BCUT2D eigenvalue weighted by Crippen LogP contribution is -1.93. The minimum absolute atomic E-state index is 0.419. The molecule has 0 atom stereocenters. The Labute approximate surface area is 162 Å². The molecular weight excluding hydrogens is 352 g/mol. The number of benzene rings is 4. The minimum Gasteiger partial charge on any atom is -0.242 e. The van der Waals surface area contributed by atoms with Crippen molar-refractivity contribution < 1.29 is 0 Å². The summed E-state index contributed by atoms with van der Waals surface area (Å²) in [7, 11) is 0. The predicted molar refractivity (Wildman–Crippen MR) is 113 cm³/mol. The number of nitrogens with zero attached hydrogens (tertiary/aromatic N) is 2. The Hall–Kier alpha value is -3.23. The zero-order valence-corrected chi connectivity index (χ0v) is 15.2. The highest BCUT2D eigenvalue weighted by atomic mass is 35.5. The third-order valence-corrected chi connectivity index (χ3v) is 5.02. The van der Waals surface area contributed by atoms with Gasteiger partial charge in [0.25, 0.3) is 0 Å². The van der Waals surface area contributed by atoms with E-state index in [1.807, 2.05) is 48.5 Å². The first-order valence-corrected chi connectivity index (χ1v) is 9.18. The van der Waals surface area contributed by atoms with Crippen molar-refractivity contribution in [2.24, 2.45) is 0 Å². The van der Waals surface area contributed by atoms with Gasteiger partial charge in [-0.3, -0.25) is 0 Å². The summed E-state index contributed by atoms with van der Waals surface area (Å²) in [5.74, 6) is 0. The van der Waals surface area contributed by atoms with E-state index in [-0.39, 0.29) is 0 Å². The van der Waals surface area contributed by atoms with Crippen LogP contribution in [0.1, 0.15) is 0 Å². The van der Waals surface area contributed by atoms with Gasteiger partial charge in [0.2, 0.25) is 0 Å². The van der Waals surface area contributed by atoms with Gasteiger partial charge in [0.05, 0.1) is 11.0 Å². The Morgan fingerprint density at radius 3 is 2.22 bits per heavy atom. The van der Waals surface area contributed by atoms with E-state index in [0.29, 0.717) is 10.8 Å². The summed E-state index contributed by atoms with van der Waals surface area (Å²) in [4.78, 5) is 9.52. The van der Waals surface area contributed by atoms with E-state index in [1.165, 1.54) is 0 Å². The quantitative estimate of drug-likeness (QED) is 0.322. The van der Waals surface area contributed by atoms with Crippen LogP contribution in [-0.4, -0.2) is 9.97 Å². The zero-order valence-electron chi connectivity index (χ0n) is 14.4. The summed E-state index contributed by atoms with van der Waals surface area (Å²) >= 11 is 6.51. The monoisotopic (exact) mass is 366 g/mol. The third kappa shape index (κ3) is 2.84. The van der Waals surface area contributed by atoms with Gasteiger partial charge in [-0.1, -0.05) is 90.5 Å². The van der Waals surface area contributed by atoms with Gasteiger partial charge in [-0.05, 0) is 28.6 Å². The van der Waals surface area contributed by atoms with E-state index in [4.69, 9.17) is 16.6 Å². The summed E-state index contributed by atoms with van der Waals surface area (Å²) in [6, 6.07) is 30.8. The molecule has 0 radical (unpaired) electrons. The number of halogens is 1. The smallest absolute Gasteiger partial charge is 0.156 e. The third-order valence-electron chi connectivity index (χ3n) is 4.76. The van der Waals surface area contributed by atoms with Crippen LogP contribution in [0.15, 0.2) is 91.0 Å². The standard InChI is InChI=1S/C24H15ClN2/c25-24-22(19-11-6-10-18(15-19)16-7-2-1-3-8-16)27-23-20-12-5-4-9-17(20)13-14-21(23)26-24/h1-15H. The number of rotatable bonds is 2. The van der Waals surface area contributed by atoms with E-state index < -0.39 is 0 Å². The molecule has 0 aliphatic rings. The average molecular weight is 367 g/mol. The maximum Gasteiger partial charge on any atom is 0.156 e. The largest absolute Gasteiger partial charge is 0.242 e. The molecule has 4 aromatic carbocycles. The molecule has 0 aliphatic carbocycles. The molecule has 2 nitrogen and oxygen atoms in total. The van der Waals surface area contributed by atoms with Gasteiger partial charge in [-0.25, -0.2) is 9.97 Å². The Bertz CT molecular complexity index is 1280. The first-order valence-electron chi connectivity index (χ1n) is 8.80. The first-order chi connectivity index (χ1) is 13.3. The van der Waals surface area contributed by atoms with Crippen molar-refractivity contribution in [3.05, 3.63) is 96.1 Å². The molecular formula is C24H15ClN2. The van der Waals surface area contributed by atoms with E-state index in [9.17, 15) is 0 Å². The molecule has 5 rings (SSSR count). The molecule has 0 unspecified atom stereocenters. The molecule has 0 saturated carbocycles. The SMILES string of the molecule is Clc1nc2ccc3ccccc3c2nc1-c1cccc(-c2ccccc2)c1. The van der Waals surface area contributed by atoms with Crippen molar-refractivity contribution in [2.75, 3.05) is 0 Å². The van der Waals surface area contributed by atoms with Crippen molar-refractivity contribution in [3.63, 3.8) is 0 Å². The molecule has 128 valence electrons. The van der Waals surface area contributed by atoms with Crippen molar-refractivity contribution >= 4 is 33.4 Å². The second-order valence-electron chi connectivity index (χ2n) is 6.46. The summed E-state index contributed by atoms with van der Waals surface area (Å²) in [6.45, 7) is 0. The normalized spacial score (nSPS) is 11.1. The van der Waals surface area contributed by atoms with Gasteiger partial charge in [-0.2, -0.15) is 0 Å². The topological polar surface area (TPSA) is 25.8 Å². The highest BCUT2D eigenvalue weighted by Gasteiger charge is 2.12. The van der Waals surface area contributed by atoms with Gasteiger partial charge < -0.3 is 0 Å². The maximum absolute atomic E-state index is 6.51. The molecule has 1 heterocycles. The molecule has 0 spiro atoms. The molecule has 0 aliphatic heterocycles. The fourth-order valence-electron chi connectivity index (χ4n) is 3.43. The van der Waals surface area contributed by atoms with Gasteiger partial charge >= 0.3 is 0 Å². The van der Waals surface area contributed by atoms with Crippen molar-refractivity contribution in [1.29, 1.82) is 0 Å². The van der Waals surface area contributed by atoms with E-state index in [1.54, 1.807) is 0 Å². The van der Waals surface area contributed by atoms with E-state index in [2.05, 4.69) is 47.4 Å². The van der Waals surface area contributed by atoms with E-state index >= 15 is 0 Å². The molecule has 0 N–H and O–H groups in total. The fourth-order valence-corrected chi connectivity index (χ4v) is 3.67. The van der Waals surface area contributed by atoms with Crippen molar-refractivity contribution in [2.45, 2.75) is 0 Å². The Kier molecular flexibility index (Phi) is 3.84. The lowest BCUT2D eigenvalue weighted by atomic mass is 10.0. The lowest BCUT2D eigenvalue weighted by Gasteiger charge is -2.09. The minimum atomic E-state index is 0.419. The van der Waals surface area contributed by atoms with Gasteiger partial charge in [0.1, 0.15) is 5.69 Å². The second-order valence-corrected chi connectivity index (χ2v) is 6.82. The van der Waals surface area contributed by atoms with E-state index in [0.717, 1.165) is 38.5 Å². The number of fused-ring (bicyclic) bond motifs is 3. The van der Waals surface area contributed by atoms with Gasteiger partial charge in [0.15, 0.2) is 5.15 Å². The van der Waals surface area contributed by atoms with Crippen LogP contribution >= 0.6 is 11.6 Å². The number of hydrogen-bond acceptors (Lipinski definition) is 2. The summed E-state index contributed by atoms with van der Waals surface area (Å²) < 4.78 is 0. The van der Waals surface area contributed by atoms with Crippen LogP contribution in [0, 0.1) is 0 Å². The molecule has 0 amide bonds. The van der Waals surface area contributed by atoms with Crippen molar-refractivity contribution in [3.8, 4) is 22.4 Å². The molecule has 0 bridgehead atoms. The zero-order chi connectivity index (χ0) is 18.2. The molecule has 27 heavy (non-hydrogen) atoms. The first kappa shape index (κ1) is 16.0. The Morgan fingerprint density at radius 1 is 0.593 bits per heavy atom. The molecule has 1 aromatic heterocycles. The predicted octanol–water partition coefficient (Wildman–Crippen LogP) is 6.77. The molecule has 0 saturated heterocycles. The van der Waals surface area contributed by atoms with Gasteiger partial charge in [0, 0.05) is 10.9 Å². The highest BCUT2D eigenvalue weighted by Crippen LogP contribution is 2.32. The van der Waals surface area contributed by atoms with Gasteiger partial charge in [-0.15, -0.1) is 0 Å². The fraction of sp³-hybridized carbons (Fsp3) is 0. The average Bonchev–Trinajstić information content (AvgIpc) is 2.74. The van der Waals surface area contributed by atoms with Crippen LogP contribution in [0.5, 0.6) is 0 Å². The number of aromatic nitrogens is 2. The lowest BCUT2D eigenvalue weighted by molar-refractivity contribution is 1.30. The Balaban J connectivity index is 1.73. The highest BCUT2D eigenvalue weighted by molar-refractivity contribution is 6.32. The van der Waals surface area contributed by atoms with Crippen LogP contribution in [0.2, 0.25) is 5.15 Å². The van der Waals surface area contributed by atoms with Crippen LogP contribution in [0.25, 0.3) is 44.2 Å². The van der Waals surface area contributed by atoms with Crippen LogP contribution in [-0.2, 0) is 0 Å². The van der Waals surface area contributed by atoms with Crippen LogP contribution < -0.4 is 0 Å². The molecule has 5 aromatic rings. The summed E-state index contributed by atoms with van der Waals surface area (Å²) in [6.07, 6.45) is 0. The maximum atomic E-state index is 6.51. The molecule has 3 heteroatoms. The second kappa shape index (κ2) is 6.49. The summed E-state index contributed by atoms with van der Waals surface area (Å²) in [5.41, 5.74) is 5.64.